The molecule has 1 aromatic heterocycles. The maximum atomic E-state index is 13.2. The number of hydrogen-bond acceptors (Lipinski definition) is 5. The molecule has 4 rings (SSSR count). The van der Waals surface area contributed by atoms with Crippen molar-refractivity contribution in [3.63, 3.8) is 0 Å². The summed E-state index contributed by atoms with van der Waals surface area (Å²) >= 11 is 2.87. The van der Waals surface area contributed by atoms with Crippen LogP contribution in [-0.4, -0.2) is 23.5 Å². The summed E-state index contributed by atoms with van der Waals surface area (Å²) in [7, 11) is 0. The van der Waals surface area contributed by atoms with E-state index < -0.39 is 5.91 Å². The van der Waals surface area contributed by atoms with Gasteiger partial charge in [0.05, 0.1) is 5.75 Å². The standard InChI is InChI=1S/C30H27N3O3S2/c1-20-11-12-26(21(2)15-20)32-28(34)19-38-25-10-6-9-24(17-25)31-30(36)27(16-22-13-14-37-18-22)33-29(35)23-7-4-3-5-8-23/h3-18H,19H2,1-2H3,(H,31,36)(H,32,34)(H,33,35)/b27-16-. The lowest BCUT2D eigenvalue weighted by Crippen LogP contribution is -2.30. The lowest BCUT2D eigenvalue weighted by molar-refractivity contribution is -0.114. The first-order chi connectivity index (χ1) is 18.4. The topological polar surface area (TPSA) is 87.3 Å². The fraction of sp³-hybridized carbons (Fsp3) is 0.100. The summed E-state index contributed by atoms with van der Waals surface area (Å²) in [5, 5.41) is 12.3. The summed E-state index contributed by atoms with van der Waals surface area (Å²) in [4.78, 5) is 39.2. The normalized spacial score (nSPS) is 11.1. The molecule has 0 spiro atoms. The van der Waals surface area contributed by atoms with E-state index in [9.17, 15) is 14.4 Å². The van der Waals surface area contributed by atoms with Crippen LogP contribution < -0.4 is 16.0 Å². The number of carbonyl (C=O) groups is 3. The van der Waals surface area contributed by atoms with Gasteiger partial charge in [-0.15, -0.1) is 11.8 Å². The van der Waals surface area contributed by atoms with Crippen LogP contribution in [0.1, 0.15) is 27.0 Å². The molecule has 0 aliphatic carbocycles. The molecule has 0 atom stereocenters. The van der Waals surface area contributed by atoms with E-state index in [1.165, 1.54) is 23.1 Å². The highest BCUT2D eigenvalue weighted by molar-refractivity contribution is 8.00. The third kappa shape index (κ3) is 7.68. The smallest absolute Gasteiger partial charge is 0.272 e. The van der Waals surface area contributed by atoms with Crippen molar-refractivity contribution in [2.45, 2.75) is 18.7 Å². The van der Waals surface area contributed by atoms with Crippen molar-refractivity contribution in [1.29, 1.82) is 0 Å². The quantitative estimate of drug-likeness (QED) is 0.167. The van der Waals surface area contributed by atoms with Crippen LogP contribution in [-0.2, 0) is 9.59 Å². The van der Waals surface area contributed by atoms with E-state index in [2.05, 4.69) is 16.0 Å². The second-order valence-electron chi connectivity index (χ2n) is 8.57. The number of carbonyl (C=O) groups excluding carboxylic acids is 3. The number of aryl methyl sites for hydroxylation is 2. The van der Waals surface area contributed by atoms with Gasteiger partial charge >= 0.3 is 0 Å². The Labute approximate surface area is 230 Å². The van der Waals surface area contributed by atoms with Crippen molar-refractivity contribution in [3.8, 4) is 0 Å². The first-order valence-electron chi connectivity index (χ1n) is 11.9. The molecule has 0 fully saturated rings. The Morgan fingerprint density at radius 3 is 2.45 bits per heavy atom. The largest absolute Gasteiger partial charge is 0.325 e. The lowest BCUT2D eigenvalue weighted by Gasteiger charge is -2.12. The van der Waals surface area contributed by atoms with Gasteiger partial charge in [0.25, 0.3) is 11.8 Å². The summed E-state index contributed by atoms with van der Waals surface area (Å²) in [6.07, 6.45) is 1.64. The van der Waals surface area contributed by atoms with Crippen LogP contribution in [0, 0.1) is 13.8 Å². The summed E-state index contributed by atoms with van der Waals surface area (Å²) in [6, 6.07) is 23.7. The predicted molar refractivity (Wildman–Crippen MR) is 157 cm³/mol. The highest BCUT2D eigenvalue weighted by Crippen LogP contribution is 2.23. The van der Waals surface area contributed by atoms with Crippen LogP contribution in [0.3, 0.4) is 0 Å². The van der Waals surface area contributed by atoms with Gasteiger partial charge in [0, 0.05) is 21.8 Å². The first-order valence-corrected chi connectivity index (χ1v) is 13.8. The van der Waals surface area contributed by atoms with Crippen molar-refractivity contribution in [2.24, 2.45) is 0 Å². The van der Waals surface area contributed by atoms with Crippen LogP contribution in [0.2, 0.25) is 0 Å². The monoisotopic (exact) mass is 541 g/mol. The van der Waals surface area contributed by atoms with Gasteiger partial charge in [-0.25, -0.2) is 0 Å². The van der Waals surface area contributed by atoms with Crippen LogP contribution in [0.15, 0.2) is 100 Å². The van der Waals surface area contributed by atoms with Gasteiger partial charge in [-0.1, -0.05) is 42.0 Å². The molecular formula is C30H27N3O3S2. The van der Waals surface area contributed by atoms with Crippen molar-refractivity contribution in [1.82, 2.24) is 5.32 Å². The van der Waals surface area contributed by atoms with Crippen molar-refractivity contribution in [2.75, 3.05) is 16.4 Å². The molecule has 0 saturated carbocycles. The Hall–Kier alpha value is -4.14. The molecule has 38 heavy (non-hydrogen) atoms. The average molecular weight is 542 g/mol. The van der Waals surface area contributed by atoms with E-state index in [0.717, 1.165) is 27.3 Å². The molecule has 0 radical (unpaired) electrons. The first kappa shape index (κ1) is 26.9. The van der Waals surface area contributed by atoms with E-state index in [-0.39, 0.29) is 23.3 Å². The summed E-state index contributed by atoms with van der Waals surface area (Å²) in [6.45, 7) is 3.98. The molecule has 3 amide bonds. The molecule has 192 valence electrons. The highest BCUT2D eigenvalue weighted by atomic mass is 32.2. The molecule has 3 N–H and O–H groups in total. The van der Waals surface area contributed by atoms with Crippen LogP contribution >= 0.6 is 23.1 Å². The second kappa shape index (κ2) is 12.9. The number of hydrogen-bond donors (Lipinski definition) is 3. The summed E-state index contributed by atoms with van der Waals surface area (Å²) < 4.78 is 0. The summed E-state index contributed by atoms with van der Waals surface area (Å²) in [5.41, 5.74) is 4.90. The van der Waals surface area contributed by atoms with Gasteiger partial charge in [-0.05, 0) is 84.3 Å². The van der Waals surface area contributed by atoms with E-state index in [1.807, 2.05) is 67.1 Å². The van der Waals surface area contributed by atoms with E-state index in [1.54, 1.807) is 42.5 Å². The highest BCUT2D eigenvalue weighted by Gasteiger charge is 2.15. The minimum absolute atomic E-state index is 0.110. The molecular weight excluding hydrogens is 514 g/mol. The SMILES string of the molecule is Cc1ccc(NC(=O)CSc2cccc(NC(=O)/C(=C/c3ccsc3)NC(=O)c3ccccc3)c2)c(C)c1. The minimum Gasteiger partial charge on any atom is -0.325 e. The molecule has 0 aliphatic rings. The third-order valence-corrected chi connectivity index (χ3v) is 7.20. The zero-order valence-electron chi connectivity index (χ0n) is 21.0. The van der Waals surface area contributed by atoms with Crippen molar-refractivity contribution in [3.05, 3.63) is 118 Å². The number of amides is 3. The molecule has 0 saturated heterocycles. The Bertz CT molecular complexity index is 1470. The van der Waals surface area contributed by atoms with E-state index in [4.69, 9.17) is 0 Å². The number of rotatable bonds is 9. The van der Waals surface area contributed by atoms with E-state index in [0.29, 0.717) is 11.3 Å². The van der Waals surface area contributed by atoms with Gasteiger partial charge in [0.1, 0.15) is 5.70 Å². The fourth-order valence-electron chi connectivity index (χ4n) is 3.62. The molecule has 0 bridgehead atoms. The number of thiophene rings is 1. The van der Waals surface area contributed by atoms with Crippen LogP contribution in [0.25, 0.3) is 6.08 Å². The zero-order chi connectivity index (χ0) is 26.9. The van der Waals surface area contributed by atoms with Gasteiger partial charge in [-0.3, -0.25) is 14.4 Å². The average Bonchev–Trinajstić information content (AvgIpc) is 3.43. The van der Waals surface area contributed by atoms with Gasteiger partial charge < -0.3 is 16.0 Å². The van der Waals surface area contributed by atoms with Crippen molar-refractivity contribution < 1.29 is 14.4 Å². The van der Waals surface area contributed by atoms with E-state index >= 15 is 0 Å². The molecule has 8 heteroatoms. The molecule has 0 unspecified atom stereocenters. The second-order valence-corrected chi connectivity index (χ2v) is 10.4. The minimum atomic E-state index is -0.449. The lowest BCUT2D eigenvalue weighted by atomic mass is 10.1. The van der Waals surface area contributed by atoms with Crippen LogP contribution in [0.4, 0.5) is 11.4 Å². The van der Waals surface area contributed by atoms with Gasteiger partial charge in [0.2, 0.25) is 5.91 Å². The number of anilines is 2. The number of nitrogens with one attached hydrogen (secondary N) is 3. The summed E-state index contributed by atoms with van der Waals surface area (Å²) in [5.74, 6) is -0.709. The van der Waals surface area contributed by atoms with Crippen molar-refractivity contribution >= 4 is 58.3 Å². The molecule has 6 nitrogen and oxygen atoms in total. The Morgan fingerprint density at radius 2 is 1.71 bits per heavy atom. The van der Waals surface area contributed by atoms with Gasteiger partial charge in [0.15, 0.2) is 0 Å². The maximum absolute atomic E-state index is 13.2. The fourth-order valence-corrected chi connectivity index (χ4v) is 4.99. The molecule has 0 aliphatic heterocycles. The zero-order valence-corrected chi connectivity index (χ0v) is 22.6. The predicted octanol–water partition coefficient (Wildman–Crippen LogP) is 6.51. The Balaban J connectivity index is 1.41. The maximum Gasteiger partial charge on any atom is 0.272 e. The Kier molecular flexibility index (Phi) is 9.13. The molecule has 1 heterocycles. The third-order valence-electron chi connectivity index (χ3n) is 5.50. The Morgan fingerprint density at radius 1 is 0.895 bits per heavy atom. The van der Waals surface area contributed by atoms with Crippen LogP contribution in [0.5, 0.6) is 0 Å². The molecule has 3 aromatic carbocycles. The van der Waals surface area contributed by atoms with Gasteiger partial charge in [-0.2, -0.15) is 11.3 Å². The molecule has 4 aromatic rings. The number of benzene rings is 3. The number of thioether (sulfide) groups is 1.